The third kappa shape index (κ3) is 2.64. The summed E-state index contributed by atoms with van der Waals surface area (Å²) in [6.07, 6.45) is 3.23. The highest BCUT2D eigenvalue weighted by molar-refractivity contribution is 5.79. The van der Waals surface area contributed by atoms with Crippen LogP contribution in [-0.4, -0.2) is 11.5 Å². The molecule has 0 aliphatic carbocycles. The van der Waals surface area contributed by atoms with Crippen molar-refractivity contribution in [2.24, 2.45) is 5.92 Å². The molecule has 2 nitrogen and oxygen atoms in total. The van der Waals surface area contributed by atoms with Gasteiger partial charge in [0.05, 0.1) is 0 Å². The van der Waals surface area contributed by atoms with Crippen molar-refractivity contribution in [3.05, 3.63) is 36.0 Å². The Labute approximate surface area is 97.1 Å². The lowest BCUT2D eigenvalue weighted by atomic mass is 10.1. The zero-order chi connectivity index (χ0) is 11.4. The Balaban J connectivity index is 1.93. The number of aromatic nitrogens is 1. The Kier molecular flexibility index (Phi) is 3.62. The molecule has 0 saturated carbocycles. The molecule has 1 unspecified atom stereocenters. The molecule has 0 spiro atoms. The van der Waals surface area contributed by atoms with E-state index in [1.165, 1.54) is 22.9 Å². The van der Waals surface area contributed by atoms with Crippen molar-refractivity contribution in [2.75, 3.05) is 6.54 Å². The Morgan fingerprint density at radius 3 is 3.00 bits per heavy atom. The highest BCUT2D eigenvalue weighted by Gasteiger charge is 1.99. The molecule has 16 heavy (non-hydrogen) atoms. The van der Waals surface area contributed by atoms with E-state index in [4.69, 9.17) is 0 Å². The number of aromatic amines is 1. The maximum absolute atomic E-state index is 3.50. The minimum atomic E-state index is 0.759. The molecule has 2 aromatic rings. The SMILES string of the molecule is CCC(C)CNCc1ccc2cc[nH]c2c1. The minimum Gasteiger partial charge on any atom is -0.361 e. The van der Waals surface area contributed by atoms with Crippen LogP contribution in [0, 0.1) is 5.92 Å². The number of hydrogen-bond donors (Lipinski definition) is 2. The van der Waals surface area contributed by atoms with Gasteiger partial charge in [-0.1, -0.05) is 32.4 Å². The van der Waals surface area contributed by atoms with Crippen LogP contribution >= 0.6 is 0 Å². The van der Waals surface area contributed by atoms with Gasteiger partial charge in [0.15, 0.2) is 0 Å². The van der Waals surface area contributed by atoms with Crippen LogP contribution in [0.5, 0.6) is 0 Å². The topological polar surface area (TPSA) is 27.8 Å². The molecule has 0 aliphatic heterocycles. The Hall–Kier alpha value is -1.28. The molecule has 1 aromatic carbocycles. The van der Waals surface area contributed by atoms with Crippen molar-refractivity contribution in [2.45, 2.75) is 26.8 Å². The van der Waals surface area contributed by atoms with Crippen LogP contribution in [-0.2, 0) is 6.54 Å². The first-order valence-corrected chi connectivity index (χ1v) is 6.06. The van der Waals surface area contributed by atoms with Crippen LogP contribution in [0.4, 0.5) is 0 Å². The van der Waals surface area contributed by atoms with Gasteiger partial charge in [0, 0.05) is 18.3 Å². The van der Waals surface area contributed by atoms with Crippen molar-refractivity contribution in [1.82, 2.24) is 10.3 Å². The van der Waals surface area contributed by atoms with Crippen molar-refractivity contribution < 1.29 is 0 Å². The summed E-state index contributed by atoms with van der Waals surface area (Å²) < 4.78 is 0. The fraction of sp³-hybridized carbons (Fsp3) is 0.429. The van der Waals surface area contributed by atoms with Gasteiger partial charge in [-0.15, -0.1) is 0 Å². The molecular formula is C14H20N2. The van der Waals surface area contributed by atoms with Crippen LogP contribution in [0.2, 0.25) is 0 Å². The number of H-pyrrole nitrogens is 1. The van der Waals surface area contributed by atoms with E-state index in [1.54, 1.807) is 0 Å². The summed E-state index contributed by atoms with van der Waals surface area (Å²) in [6, 6.07) is 8.69. The normalized spacial score (nSPS) is 13.1. The van der Waals surface area contributed by atoms with E-state index in [1.807, 2.05) is 6.20 Å². The number of nitrogens with one attached hydrogen (secondary N) is 2. The molecule has 1 atom stereocenters. The Morgan fingerprint density at radius 2 is 2.19 bits per heavy atom. The predicted molar refractivity (Wildman–Crippen MR) is 69.5 cm³/mol. The summed E-state index contributed by atoms with van der Waals surface area (Å²) in [7, 11) is 0. The number of rotatable bonds is 5. The molecule has 0 amide bonds. The third-order valence-corrected chi connectivity index (χ3v) is 3.14. The third-order valence-electron chi connectivity index (χ3n) is 3.14. The maximum Gasteiger partial charge on any atom is 0.0457 e. The maximum atomic E-state index is 3.50. The van der Waals surface area contributed by atoms with Gasteiger partial charge in [-0.05, 0) is 35.5 Å². The summed E-state index contributed by atoms with van der Waals surface area (Å²) >= 11 is 0. The van der Waals surface area contributed by atoms with Crippen LogP contribution < -0.4 is 5.32 Å². The zero-order valence-corrected chi connectivity index (χ0v) is 10.1. The van der Waals surface area contributed by atoms with Crippen LogP contribution in [0.1, 0.15) is 25.8 Å². The molecule has 1 aromatic heterocycles. The van der Waals surface area contributed by atoms with Crippen molar-refractivity contribution in [3.8, 4) is 0 Å². The van der Waals surface area contributed by atoms with Gasteiger partial charge in [-0.25, -0.2) is 0 Å². The second kappa shape index (κ2) is 5.17. The molecule has 0 radical (unpaired) electrons. The average molecular weight is 216 g/mol. The molecule has 86 valence electrons. The molecule has 2 heteroatoms. The highest BCUT2D eigenvalue weighted by Crippen LogP contribution is 2.14. The zero-order valence-electron chi connectivity index (χ0n) is 10.1. The van der Waals surface area contributed by atoms with Crippen molar-refractivity contribution in [3.63, 3.8) is 0 Å². The summed E-state index contributed by atoms with van der Waals surface area (Å²) in [6.45, 7) is 6.57. The lowest BCUT2D eigenvalue weighted by Gasteiger charge is -2.10. The van der Waals surface area contributed by atoms with Gasteiger partial charge in [0.1, 0.15) is 0 Å². The molecule has 0 bridgehead atoms. The van der Waals surface area contributed by atoms with E-state index < -0.39 is 0 Å². The molecule has 0 saturated heterocycles. The number of hydrogen-bond acceptors (Lipinski definition) is 1. The number of fused-ring (bicyclic) bond motifs is 1. The van der Waals surface area contributed by atoms with Crippen molar-refractivity contribution in [1.29, 1.82) is 0 Å². The first-order chi connectivity index (χ1) is 7.79. The van der Waals surface area contributed by atoms with Gasteiger partial charge in [0.25, 0.3) is 0 Å². The van der Waals surface area contributed by atoms with Crippen LogP contribution in [0.3, 0.4) is 0 Å². The quantitative estimate of drug-likeness (QED) is 0.788. The second-order valence-electron chi connectivity index (χ2n) is 4.54. The molecular weight excluding hydrogens is 196 g/mol. The van der Waals surface area contributed by atoms with Gasteiger partial charge >= 0.3 is 0 Å². The lowest BCUT2D eigenvalue weighted by Crippen LogP contribution is -2.20. The number of benzene rings is 1. The van der Waals surface area contributed by atoms with E-state index in [0.29, 0.717) is 0 Å². The van der Waals surface area contributed by atoms with E-state index in [2.05, 4.69) is 48.4 Å². The van der Waals surface area contributed by atoms with E-state index in [0.717, 1.165) is 19.0 Å². The molecule has 1 heterocycles. The summed E-state index contributed by atoms with van der Waals surface area (Å²) in [4.78, 5) is 3.24. The smallest absolute Gasteiger partial charge is 0.0457 e. The Morgan fingerprint density at radius 1 is 1.31 bits per heavy atom. The largest absolute Gasteiger partial charge is 0.361 e. The van der Waals surface area contributed by atoms with Gasteiger partial charge in [-0.2, -0.15) is 0 Å². The van der Waals surface area contributed by atoms with Gasteiger partial charge in [-0.3, -0.25) is 0 Å². The summed E-state index contributed by atoms with van der Waals surface area (Å²) in [5, 5.41) is 4.78. The summed E-state index contributed by atoms with van der Waals surface area (Å²) in [5.74, 6) is 0.759. The highest BCUT2D eigenvalue weighted by atomic mass is 14.9. The Bertz CT molecular complexity index is 445. The monoisotopic (exact) mass is 216 g/mol. The van der Waals surface area contributed by atoms with Gasteiger partial charge < -0.3 is 10.3 Å². The first-order valence-electron chi connectivity index (χ1n) is 6.06. The fourth-order valence-electron chi connectivity index (χ4n) is 1.81. The van der Waals surface area contributed by atoms with Crippen molar-refractivity contribution >= 4 is 10.9 Å². The summed E-state index contributed by atoms with van der Waals surface area (Å²) in [5.41, 5.74) is 2.57. The fourth-order valence-corrected chi connectivity index (χ4v) is 1.81. The molecule has 2 N–H and O–H groups in total. The minimum absolute atomic E-state index is 0.759. The molecule has 0 aliphatic rings. The average Bonchev–Trinajstić information content (AvgIpc) is 2.76. The van der Waals surface area contributed by atoms with Gasteiger partial charge in [0.2, 0.25) is 0 Å². The van der Waals surface area contributed by atoms with E-state index in [-0.39, 0.29) is 0 Å². The van der Waals surface area contributed by atoms with E-state index >= 15 is 0 Å². The predicted octanol–water partition coefficient (Wildman–Crippen LogP) is 3.30. The lowest BCUT2D eigenvalue weighted by molar-refractivity contribution is 0.500. The first kappa shape index (κ1) is 11.2. The molecule has 0 fully saturated rings. The van der Waals surface area contributed by atoms with E-state index in [9.17, 15) is 0 Å². The van der Waals surface area contributed by atoms with Crippen LogP contribution in [0.25, 0.3) is 10.9 Å². The van der Waals surface area contributed by atoms with Crippen LogP contribution in [0.15, 0.2) is 30.5 Å². The molecule has 2 rings (SSSR count). The standard InChI is InChI=1S/C14H20N2/c1-3-11(2)9-15-10-12-4-5-13-6-7-16-14(13)8-12/h4-8,11,15-16H,3,9-10H2,1-2H3. The second-order valence-corrected chi connectivity index (χ2v) is 4.54.